The molecule has 0 aliphatic rings. The Morgan fingerprint density at radius 2 is 2.33 bits per heavy atom. The Morgan fingerprint density at radius 1 is 1.56 bits per heavy atom. The molecule has 0 saturated heterocycles. The maximum absolute atomic E-state index is 11.3. The van der Waals surface area contributed by atoms with Gasteiger partial charge in [-0.3, -0.25) is 4.98 Å². The van der Waals surface area contributed by atoms with Gasteiger partial charge in [0, 0.05) is 31.1 Å². The van der Waals surface area contributed by atoms with Crippen LogP contribution in [0.5, 0.6) is 0 Å². The Morgan fingerprint density at radius 3 is 2.94 bits per heavy atom. The van der Waals surface area contributed by atoms with Gasteiger partial charge in [0.05, 0.1) is 7.11 Å². The fourth-order valence-electron chi connectivity index (χ4n) is 1.61. The molecule has 0 aromatic carbocycles. The molecule has 0 fully saturated rings. The Balaban J connectivity index is 2.45. The monoisotopic (exact) mass is 248 g/mol. The zero-order chi connectivity index (χ0) is 13.4. The van der Waals surface area contributed by atoms with Crippen LogP contribution in [0.4, 0.5) is 0 Å². The maximum Gasteiger partial charge on any atom is 0.333 e. The van der Waals surface area contributed by atoms with Crippen LogP contribution in [0.15, 0.2) is 30.1 Å². The van der Waals surface area contributed by atoms with Gasteiger partial charge in [0.15, 0.2) is 0 Å². The smallest absolute Gasteiger partial charge is 0.333 e. The van der Waals surface area contributed by atoms with Crippen molar-refractivity contribution in [2.24, 2.45) is 0 Å². The molecule has 0 spiro atoms. The molecule has 0 atom stereocenters. The average molecular weight is 248 g/mol. The summed E-state index contributed by atoms with van der Waals surface area (Å²) in [7, 11) is 1.40. The number of esters is 1. The van der Waals surface area contributed by atoms with E-state index in [4.69, 9.17) is 4.74 Å². The minimum absolute atomic E-state index is 0.251. The summed E-state index contributed by atoms with van der Waals surface area (Å²) in [4.78, 5) is 15.4. The topological polar surface area (TPSA) is 51.2 Å². The fourth-order valence-corrected chi connectivity index (χ4v) is 1.61. The fraction of sp³-hybridized carbons (Fsp3) is 0.429. The van der Waals surface area contributed by atoms with Crippen LogP contribution < -0.4 is 5.32 Å². The van der Waals surface area contributed by atoms with E-state index in [1.165, 1.54) is 12.7 Å². The third-order valence-corrected chi connectivity index (χ3v) is 2.77. The molecule has 0 amide bonds. The highest BCUT2D eigenvalue weighted by Gasteiger charge is 2.05. The van der Waals surface area contributed by atoms with Crippen LogP contribution in [0.2, 0.25) is 0 Å². The lowest BCUT2D eigenvalue weighted by Gasteiger charge is -2.06. The summed E-state index contributed by atoms with van der Waals surface area (Å²) in [5.41, 5.74) is 3.09. The molecule has 1 aromatic heterocycles. The van der Waals surface area contributed by atoms with E-state index in [-0.39, 0.29) is 5.97 Å². The van der Waals surface area contributed by atoms with Crippen LogP contribution in [0.1, 0.15) is 24.5 Å². The number of methoxy groups -OCH3 is 1. The molecule has 18 heavy (non-hydrogen) atoms. The summed E-state index contributed by atoms with van der Waals surface area (Å²) in [6, 6.07) is 1.99. The van der Waals surface area contributed by atoms with E-state index < -0.39 is 0 Å². The molecule has 0 aliphatic carbocycles. The van der Waals surface area contributed by atoms with Gasteiger partial charge in [-0.25, -0.2) is 4.79 Å². The summed E-state index contributed by atoms with van der Waals surface area (Å²) in [5, 5.41) is 3.27. The SMILES string of the molecule is CC/C(=C/CNCc1ccncc1C)C(=O)OC. The van der Waals surface area contributed by atoms with Crippen molar-refractivity contribution in [3.63, 3.8) is 0 Å². The molecule has 0 unspecified atom stereocenters. The standard InChI is InChI=1S/C14H20N2O2/c1-4-12(14(17)18-3)5-7-16-10-13-6-8-15-9-11(13)2/h5-6,8-9,16H,4,7,10H2,1-3H3/b12-5-. The molecular weight excluding hydrogens is 228 g/mol. The second-order valence-electron chi connectivity index (χ2n) is 4.01. The quantitative estimate of drug-likeness (QED) is 0.475. The first-order chi connectivity index (χ1) is 8.69. The van der Waals surface area contributed by atoms with E-state index in [1.54, 1.807) is 6.20 Å². The second-order valence-corrected chi connectivity index (χ2v) is 4.01. The van der Waals surface area contributed by atoms with Gasteiger partial charge in [-0.2, -0.15) is 0 Å². The maximum atomic E-state index is 11.3. The van der Waals surface area contributed by atoms with Crippen molar-refractivity contribution in [1.29, 1.82) is 0 Å². The van der Waals surface area contributed by atoms with Crippen molar-refractivity contribution in [1.82, 2.24) is 10.3 Å². The number of pyridine rings is 1. The van der Waals surface area contributed by atoms with Gasteiger partial charge in [0.2, 0.25) is 0 Å². The molecule has 1 heterocycles. The molecule has 1 rings (SSSR count). The van der Waals surface area contributed by atoms with Crippen LogP contribution in [-0.4, -0.2) is 24.6 Å². The number of hydrogen-bond donors (Lipinski definition) is 1. The van der Waals surface area contributed by atoms with Gasteiger partial charge in [-0.05, 0) is 30.5 Å². The number of nitrogens with one attached hydrogen (secondary N) is 1. The molecule has 1 N–H and O–H groups in total. The van der Waals surface area contributed by atoms with Crippen molar-refractivity contribution < 1.29 is 9.53 Å². The molecular formula is C14H20N2O2. The lowest BCUT2D eigenvalue weighted by Crippen LogP contribution is -2.15. The van der Waals surface area contributed by atoms with E-state index in [1.807, 2.05) is 32.2 Å². The van der Waals surface area contributed by atoms with Crippen LogP contribution in [0.25, 0.3) is 0 Å². The summed E-state index contributed by atoms with van der Waals surface area (Å²) in [5.74, 6) is -0.251. The molecule has 1 aromatic rings. The van der Waals surface area contributed by atoms with E-state index in [0.717, 1.165) is 12.1 Å². The first-order valence-electron chi connectivity index (χ1n) is 6.06. The van der Waals surface area contributed by atoms with Gasteiger partial charge < -0.3 is 10.1 Å². The first kappa shape index (κ1) is 14.4. The van der Waals surface area contributed by atoms with Crippen molar-refractivity contribution in [2.75, 3.05) is 13.7 Å². The molecule has 0 radical (unpaired) electrons. The number of hydrogen-bond acceptors (Lipinski definition) is 4. The third kappa shape index (κ3) is 4.30. The van der Waals surface area contributed by atoms with E-state index in [9.17, 15) is 4.79 Å². The summed E-state index contributed by atoms with van der Waals surface area (Å²) < 4.78 is 4.69. The van der Waals surface area contributed by atoms with Crippen LogP contribution in [0, 0.1) is 6.92 Å². The van der Waals surface area contributed by atoms with Gasteiger partial charge in [-0.15, -0.1) is 0 Å². The summed E-state index contributed by atoms with van der Waals surface area (Å²) in [6.07, 6.45) is 6.19. The Kier molecular flexibility index (Phi) is 6.08. The van der Waals surface area contributed by atoms with Crippen LogP contribution in [-0.2, 0) is 16.1 Å². The Labute approximate surface area is 108 Å². The Hall–Kier alpha value is -1.68. The van der Waals surface area contributed by atoms with E-state index in [2.05, 4.69) is 10.3 Å². The van der Waals surface area contributed by atoms with Crippen LogP contribution in [0.3, 0.4) is 0 Å². The largest absolute Gasteiger partial charge is 0.466 e. The number of carbonyl (C=O) groups excluding carboxylic acids is 1. The summed E-state index contributed by atoms with van der Waals surface area (Å²) in [6.45, 7) is 5.39. The minimum atomic E-state index is -0.251. The molecule has 4 nitrogen and oxygen atoms in total. The minimum Gasteiger partial charge on any atom is -0.466 e. The van der Waals surface area contributed by atoms with E-state index in [0.29, 0.717) is 18.5 Å². The third-order valence-electron chi connectivity index (χ3n) is 2.77. The molecule has 98 valence electrons. The lowest BCUT2D eigenvalue weighted by atomic mass is 10.1. The lowest BCUT2D eigenvalue weighted by molar-refractivity contribution is -0.136. The summed E-state index contributed by atoms with van der Waals surface area (Å²) >= 11 is 0. The van der Waals surface area contributed by atoms with Gasteiger partial charge in [0.1, 0.15) is 0 Å². The zero-order valence-electron chi connectivity index (χ0n) is 11.2. The molecule has 0 bridgehead atoms. The molecule has 4 heteroatoms. The highest BCUT2D eigenvalue weighted by Crippen LogP contribution is 2.05. The number of aryl methyl sites for hydroxylation is 1. The van der Waals surface area contributed by atoms with Crippen LogP contribution >= 0.6 is 0 Å². The van der Waals surface area contributed by atoms with E-state index >= 15 is 0 Å². The first-order valence-corrected chi connectivity index (χ1v) is 6.06. The van der Waals surface area contributed by atoms with Crippen molar-refractivity contribution in [3.8, 4) is 0 Å². The van der Waals surface area contributed by atoms with Gasteiger partial charge >= 0.3 is 5.97 Å². The van der Waals surface area contributed by atoms with Gasteiger partial charge in [0.25, 0.3) is 0 Å². The number of ether oxygens (including phenoxy) is 1. The molecule has 0 saturated carbocycles. The second kappa shape index (κ2) is 7.61. The predicted octanol–water partition coefficient (Wildman–Crippen LogP) is 1.99. The zero-order valence-corrected chi connectivity index (χ0v) is 11.2. The highest BCUT2D eigenvalue weighted by molar-refractivity contribution is 5.88. The number of rotatable bonds is 6. The number of carbonyl (C=O) groups is 1. The van der Waals surface area contributed by atoms with Crippen molar-refractivity contribution in [3.05, 3.63) is 41.2 Å². The van der Waals surface area contributed by atoms with Crippen molar-refractivity contribution >= 4 is 5.97 Å². The molecule has 0 aliphatic heterocycles. The average Bonchev–Trinajstić information content (AvgIpc) is 2.40. The predicted molar refractivity (Wildman–Crippen MR) is 71.1 cm³/mol. The Bertz CT molecular complexity index is 428. The highest BCUT2D eigenvalue weighted by atomic mass is 16.5. The normalized spacial score (nSPS) is 11.4. The number of aromatic nitrogens is 1. The number of nitrogens with zero attached hydrogens (tertiary/aromatic N) is 1. The van der Waals surface area contributed by atoms with Gasteiger partial charge in [-0.1, -0.05) is 13.0 Å². The van der Waals surface area contributed by atoms with Crippen molar-refractivity contribution in [2.45, 2.75) is 26.8 Å².